The molecule has 12 heteroatoms. The van der Waals surface area contributed by atoms with E-state index < -0.39 is 0 Å². The molecular formula is C33H30N6O4S2. The van der Waals surface area contributed by atoms with E-state index in [-0.39, 0.29) is 30.2 Å². The first kappa shape index (κ1) is 30.1. The van der Waals surface area contributed by atoms with Gasteiger partial charge in [-0.3, -0.25) is 14.2 Å². The van der Waals surface area contributed by atoms with Crippen molar-refractivity contribution in [3.8, 4) is 17.2 Å². The summed E-state index contributed by atoms with van der Waals surface area (Å²) >= 11 is 2.65. The minimum absolute atomic E-state index is 0.0819. The van der Waals surface area contributed by atoms with Crippen molar-refractivity contribution in [2.45, 2.75) is 24.2 Å². The quantitative estimate of drug-likeness (QED) is 0.184. The van der Waals surface area contributed by atoms with Gasteiger partial charge in [-0.15, -0.1) is 21.5 Å². The number of rotatable bonds is 11. The maximum atomic E-state index is 13.8. The monoisotopic (exact) mass is 638 g/mol. The first-order valence-electron chi connectivity index (χ1n) is 14.2. The number of hydrogen-bond donors (Lipinski definition) is 1. The number of nitrogens with zero attached hydrogens (tertiary/aromatic N) is 5. The lowest BCUT2D eigenvalue weighted by molar-refractivity contribution is -0.130. The molecule has 5 aromatic rings. The van der Waals surface area contributed by atoms with Crippen molar-refractivity contribution >= 4 is 40.6 Å². The van der Waals surface area contributed by atoms with Crippen molar-refractivity contribution in [3.63, 3.8) is 0 Å². The van der Waals surface area contributed by atoms with Crippen molar-refractivity contribution in [1.29, 1.82) is 0 Å². The van der Waals surface area contributed by atoms with E-state index >= 15 is 0 Å². The molecule has 2 amide bonds. The van der Waals surface area contributed by atoms with Crippen LogP contribution in [0.1, 0.15) is 39.1 Å². The minimum Gasteiger partial charge on any atom is -0.497 e. The predicted octanol–water partition coefficient (Wildman–Crippen LogP) is 5.75. The molecule has 0 saturated carbocycles. The minimum atomic E-state index is -0.281. The number of methoxy groups -OCH3 is 2. The molecule has 0 unspecified atom stereocenters. The average molecular weight is 639 g/mol. The molecule has 3 aromatic carbocycles. The number of hydrazone groups is 1. The van der Waals surface area contributed by atoms with Gasteiger partial charge in [-0.05, 0) is 71.1 Å². The zero-order valence-corrected chi connectivity index (χ0v) is 26.3. The zero-order chi connectivity index (χ0) is 31.2. The van der Waals surface area contributed by atoms with Gasteiger partial charge >= 0.3 is 0 Å². The highest BCUT2D eigenvalue weighted by Gasteiger charge is 2.33. The summed E-state index contributed by atoms with van der Waals surface area (Å²) in [5.41, 5.74) is 3.52. The maximum absolute atomic E-state index is 13.8. The Morgan fingerprint density at radius 3 is 2.29 bits per heavy atom. The number of carbonyl (C=O) groups excluding carboxylic acids is 2. The lowest BCUT2D eigenvalue weighted by Gasteiger charge is -2.22. The molecule has 1 atom stereocenters. The van der Waals surface area contributed by atoms with Crippen LogP contribution in [0.4, 0.5) is 0 Å². The predicted molar refractivity (Wildman–Crippen MR) is 174 cm³/mol. The van der Waals surface area contributed by atoms with Crippen LogP contribution in [-0.2, 0) is 11.3 Å². The summed E-state index contributed by atoms with van der Waals surface area (Å²) in [7, 11) is 3.25. The van der Waals surface area contributed by atoms with Gasteiger partial charge in [-0.1, -0.05) is 48.2 Å². The van der Waals surface area contributed by atoms with Crippen LogP contribution in [-0.4, -0.2) is 57.3 Å². The Morgan fingerprint density at radius 1 is 0.911 bits per heavy atom. The third-order valence-corrected chi connectivity index (χ3v) is 9.06. The zero-order valence-electron chi connectivity index (χ0n) is 24.6. The Hall–Kier alpha value is -4.94. The Morgan fingerprint density at radius 2 is 1.62 bits per heavy atom. The van der Waals surface area contributed by atoms with Crippen LogP contribution in [0.3, 0.4) is 0 Å². The van der Waals surface area contributed by atoms with Crippen LogP contribution < -0.4 is 14.8 Å². The number of para-hydroxylation sites is 1. The van der Waals surface area contributed by atoms with Gasteiger partial charge in [-0.25, -0.2) is 5.01 Å². The second-order valence-electron chi connectivity index (χ2n) is 10.0. The van der Waals surface area contributed by atoms with E-state index in [1.54, 1.807) is 25.3 Å². The number of nitrogens with one attached hydrogen (secondary N) is 1. The van der Waals surface area contributed by atoms with Crippen molar-refractivity contribution < 1.29 is 19.1 Å². The summed E-state index contributed by atoms with van der Waals surface area (Å²) in [4.78, 5) is 27.1. The average Bonchev–Trinajstić information content (AvgIpc) is 3.87. The van der Waals surface area contributed by atoms with Gasteiger partial charge in [0.05, 0.1) is 43.1 Å². The van der Waals surface area contributed by atoms with E-state index in [0.717, 1.165) is 34.0 Å². The lowest BCUT2D eigenvalue weighted by atomic mass is 9.98. The molecule has 10 nitrogen and oxygen atoms in total. The van der Waals surface area contributed by atoms with Crippen LogP contribution in [0.25, 0.3) is 5.69 Å². The molecule has 1 N–H and O–H groups in total. The molecule has 6 rings (SSSR count). The molecule has 1 aliphatic rings. The largest absolute Gasteiger partial charge is 0.497 e. The first-order valence-corrected chi connectivity index (χ1v) is 16.0. The Kier molecular flexibility index (Phi) is 9.22. The Bertz CT molecular complexity index is 1790. The number of amides is 2. The van der Waals surface area contributed by atoms with Gasteiger partial charge in [0.1, 0.15) is 11.5 Å². The van der Waals surface area contributed by atoms with Crippen LogP contribution in [0.15, 0.2) is 107 Å². The van der Waals surface area contributed by atoms with Gasteiger partial charge in [0.25, 0.3) is 11.8 Å². The van der Waals surface area contributed by atoms with Crippen molar-refractivity contribution in [1.82, 2.24) is 25.1 Å². The Balaban J connectivity index is 1.24. The molecule has 0 fully saturated rings. The molecule has 0 bridgehead atoms. The van der Waals surface area contributed by atoms with Crippen molar-refractivity contribution in [3.05, 3.63) is 118 Å². The molecule has 45 heavy (non-hydrogen) atoms. The SMILES string of the molecule is COc1ccc(C2=NN(C(=O)CSc3nnc(CNC(=O)c4cccs4)n3-c3ccccc3)[C@@H](c3ccc(OC)cc3)C2)cc1. The number of aromatic nitrogens is 3. The fourth-order valence-corrected chi connectivity index (χ4v) is 6.44. The molecule has 0 aliphatic carbocycles. The molecule has 0 saturated heterocycles. The second kappa shape index (κ2) is 13.8. The maximum Gasteiger partial charge on any atom is 0.261 e. The van der Waals surface area contributed by atoms with Crippen LogP contribution in [0.2, 0.25) is 0 Å². The molecule has 0 spiro atoms. The van der Waals surface area contributed by atoms with E-state index in [1.165, 1.54) is 23.1 Å². The van der Waals surface area contributed by atoms with Gasteiger partial charge in [0, 0.05) is 12.1 Å². The van der Waals surface area contributed by atoms with Gasteiger partial charge in [-0.2, -0.15) is 5.10 Å². The summed E-state index contributed by atoms with van der Waals surface area (Å²) < 4.78 is 12.5. The molecular weight excluding hydrogens is 609 g/mol. The highest BCUT2D eigenvalue weighted by Crippen LogP contribution is 2.35. The smallest absolute Gasteiger partial charge is 0.261 e. The highest BCUT2D eigenvalue weighted by atomic mass is 32.2. The van der Waals surface area contributed by atoms with E-state index in [0.29, 0.717) is 22.3 Å². The number of hydrogen-bond acceptors (Lipinski definition) is 9. The summed E-state index contributed by atoms with van der Waals surface area (Å²) in [5.74, 6) is 1.78. The lowest BCUT2D eigenvalue weighted by Crippen LogP contribution is -2.28. The van der Waals surface area contributed by atoms with Crippen molar-refractivity contribution in [2.75, 3.05) is 20.0 Å². The highest BCUT2D eigenvalue weighted by molar-refractivity contribution is 7.99. The number of thiophene rings is 1. The topological polar surface area (TPSA) is 111 Å². The molecule has 3 heterocycles. The van der Waals surface area contributed by atoms with E-state index in [4.69, 9.17) is 14.6 Å². The third-order valence-electron chi connectivity index (χ3n) is 7.28. The third kappa shape index (κ3) is 6.76. The van der Waals surface area contributed by atoms with Gasteiger partial charge in [0.15, 0.2) is 11.0 Å². The second-order valence-corrected chi connectivity index (χ2v) is 11.9. The summed E-state index contributed by atoms with van der Waals surface area (Å²) in [6, 6.07) is 28.3. The first-order chi connectivity index (χ1) is 22.0. The number of ether oxygens (including phenoxy) is 2. The number of thioether (sulfide) groups is 1. The number of benzene rings is 3. The van der Waals surface area contributed by atoms with Crippen LogP contribution in [0, 0.1) is 0 Å². The van der Waals surface area contributed by atoms with E-state index in [2.05, 4.69) is 15.5 Å². The summed E-state index contributed by atoms with van der Waals surface area (Å²) in [5, 5.41) is 20.5. The summed E-state index contributed by atoms with van der Waals surface area (Å²) in [6.07, 6.45) is 0.559. The van der Waals surface area contributed by atoms with E-state index in [9.17, 15) is 9.59 Å². The van der Waals surface area contributed by atoms with Crippen LogP contribution in [0.5, 0.6) is 11.5 Å². The molecule has 228 valence electrons. The van der Waals surface area contributed by atoms with E-state index in [1.807, 2.05) is 94.9 Å². The van der Waals surface area contributed by atoms with Gasteiger partial charge < -0.3 is 14.8 Å². The molecule has 2 aromatic heterocycles. The fraction of sp³-hybridized carbons (Fsp3) is 0.182. The molecule has 1 aliphatic heterocycles. The fourth-order valence-electron chi connectivity index (χ4n) is 4.98. The standard InChI is InChI=1S/C33H30N6O4S2/c1-42-25-14-10-22(11-15-25)27-19-28(23-12-16-26(43-2)17-13-23)39(37-27)31(40)21-45-33-36-35-30(38(33)24-7-4-3-5-8-24)20-34-32(41)29-9-6-18-44-29/h3-18,28H,19-21H2,1-2H3,(H,34,41)/t28-/m1/s1. The number of carbonyl (C=O) groups is 2. The molecule has 0 radical (unpaired) electrons. The Labute approximate surface area is 268 Å². The normalized spacial score (nSPS) is 14.2. The van der Waals surface area contributed by atoms with Gasteiger partial charge in [0.2, 0.25) is 0 Å². The summed E-state index contributed by atoms with van der Waals surface area (Å²) in [6.45, 7) is 0.175. The van der Waals surface area contributed by atoms with Crippen molar-refractivity contribution in [2.24, 2.45) is 5.10 Å². The van der Waals surface area contributed by atoms with Crippen LogP contribution >= 0.6 is 23.1 Å².